The molecule has 1 N–H and O–H groups in total. The van der Waals surface area contributed by atoms with Crippen molar-refractivity contribution in [3.63, 3.8) is 0 Å². The lowest BCUT2D eigenvalue weighted by atomic mass is 10.1. The molecule has 0 amide bonds. The summed E-state index contributed by atoms with van der Waals surface area (Å²) in [6.45, 7) is 2.72. The topological polar surface area (TPSA) is 63.2 Å². The minimum absolute atomic E-state index is 0.296. The molecular formula is C19H18FN5O. The summed E-state index contributed by atoms with van der Waals surface area (Å²) in [6, 6.07) is 12.0. The highest BCUT2D eigenvalue weighted by Gasteiger charge is 2.16. The Labute approximate surface area is 150 Å². The lowest BCUT2D eigenvalue weighted by molar-refractivity contribution is 0.122. The predicted molar refractivity (Wildman–Crippen MR) is 98.0 cm³/mol. The zero-order valence-corrected chi connectivity index (χ0v) is 14.1. The van der Waals surface area contributed by atoms with Crippen molar-refractivity contribution in [2.75, 3.05) is 36.5 Å². The van der Waals surface area contributed by atoms with E-state index < -0.39 is 0 Å². The normalized spacial score (nSPS) is 14.3. The molecule has 7 heteroatoms. The van der Waals surface area contributed by atoms with E-state index in [-0.39, 0.29) is 5.82 Å². The molecule has 1 aromatic carbocycles. The number of morpholine rings is 1. The second-order valence-corrected chi connectivity index (χ2v) is 5.91. The van der Waals surface area contributed by atoms with E-state index in [2.05, 4.69) is 25.2 Å². The number of halogens is 1. The van der Waals surface area contributed by atoms with Crippen LogP contribution >= 0.6 is 0 Å². The maximum atomic E-state index is 13.7. The van der Waals surface area contributed by atoms with E-state index in [9.17, 15) is 4.39 Å². The number of ether oxygens (including phenoxy) is 1. The van der Waals surface area contributed by atoms with Gasteiger partial charge in [-0.3, -0.25) is 4.98 Å². The maximum absolute atomic E-state index is 13.7. The molecule has 1 saturated heterocycles. The number of hydrogen-bond acceptors (Lipinski definition) is 6. The number of aromatic nitrogens is 3. The van der Waals surface area contributed by atoms with E-state index in [1.807, 2.05) is 24.3 Å². The van der Waals surface area contributed by atoms with Gasteiger partial charge in [0.25, 0.3) is 0 Å². The van der Waals surface area contributed by atoms with Gasteiger partial charge in [0.1, 0.15) is 11.6 Å². The molecule has 0 aliphatic carbocycles. The fraction of sp³-hybridized carbons (Fsp3) is 0.211. The van der Waals surface area contributed by atoms with E-state index in [0.29, 0.717) is 36.2 Å². The van der Waals surface area contributed by atoms with Crippen molar-refractivity contribution in [1.29, 1.82) is 0 Å². The van der Waals surface area contributed by atoms with Gasteiger partial charge in [0.05, 0.1) is 30.8 Å². The summed E-state index contributed by atoms with van der Waals surface area (Å²) in [5.74, 6) is 0.936. The van der Waals surface area contributed by atoms with Crippen LogP contribution in [0.25, 0.3) is 11.3 Å². The van der Waals surface area contributed by atoms with Gasteiger partial charge in [-0.15, -0.1) is 0 Å². The van der Waals surface area contributed by atoms with Gasteiger partial charge in [0, 0.05) is 30.9 Å². The average Bonchev–Trinajstić information content (AvgIpc) is 2.69. The van der Waals surface area contributed by atoms with Crippen LogP contribution < -0.4 is 10.2 Å². The number of rotatable bonds is 4. The summed E-state index contributed by atoms with van der Waals surface area (Å²) in [4.78, 5) is 15.4. The Morgan fingerprint density at radius 1 is 1.04 bits per heavy atom. The largest absolute Gasteiger partial charge is 0.378 e. The standard InChI is InChI=1S/C19H18FN5O/c20-15-4-1-3-14(11-15)17-12-18(22-16-5-2-6-21-13-16)24-19(23-17)25-7-9-26-10-8-25/h1-6,11-13H,7-10H2,(H,22,23,24). The van der Waals surface area contributed by atoms with Crippen LogP contribution in [0.1, 0.15) is 0 Å². The van der Waals surface area contributed by atoms with E-state index >= 15 is 0 Å². The molecule has 0 radical (unpaired) electrons. The Morgan fingerprint density at radius 3 is 2.69 bits per heavy atom. The monoisotopic (exact) mass is 351 g/mol. The van der Waals surface area contributed by atoms with Gasteiger partial charge in [-0.05, 0) is 24.3 Å². The first-order valence-electron chi connectivity index (χ1n) is 8.43. The molecule has 0 spiro atoms. The van der Waals surface area contributed by atoms with Gasteiger partial charge in [-0.1, -0.05) is 12.1 Å². The Balaban J connectivity index is 1.73. The molecule has 0 saturated carbocycles. The van der Waals surface area contributed by atoms with Crippen molar-refractivity contribution < 1.29 is 9.13 Å². The second-order valence-electron chi connectivity index (χ2n) is 5.91. The molecule has 132 valence electrons. The Kier molecular flexibility index (Phi) is 4.70. The molecule has 3 heterocycles. The van der Waals surface area contributed by atoms with Crippen LogP contribution in [0.5, 0.6) is 0 Å². The van der Waals surface area contributed by atoms with Crippen LogP contribution in [-0.4, -0.2) is 41.3 Å². The quantitative estimate of drug-likeness (QED) is 0.778. The first-order valence-corrected chi connectivity index (χ1v) is 8.43. The summed E-state index contributed by atoms with van der Waals surface area (Å²) < 4.78 is 19.1. The van der Waals surface area contributed by atoms with Gasteiger partial charge >= 0.3 is 0 Å². The fourth-order valence-corrected chi connectivity index (χ4v) is 2.78. The van der Waals surface area contributed by atoms with E-state index in [0.717, 1.165) is 18.8 Å². The summed E-state index contributed by atoms with van der Waals surface area (Å²) in [6.07, 6.45) is 3.43. The lowest BCUT2D eigenvalue weighted by Crippen LogP contribution is -2.37. The van der Waals surface area contributed by atoms with Crippen molar-refractivity contribution in [1.82, 2.24) is 15.0 Å². The van der Waals surface area contributed by atoms with Crippen LogP contribution in [0.3, 0.4) is 0 Å². The predicted octanol–water partition coefficient (Wildman–Crippen LogP) is 3.26. The molecule has 1 aliphatic rings. The number of hydrogen-bond donors (Lipinski definition) is 1. The van der Waals surface area contributed by atoms with Gasteiger partial charge in [-0.2, -0.15) is 4.98 Å². The van der Waals surface area contributed by atoms with E-state index in [4.69, 9.17) is 4.74 Å². The molecule has 2 aromatic heterocycles. The second kappa shape index (κ2) is 7.45. The molecule has 1 fully saturated rings. The maximum Gasteiger partial charge on any atom is 0.228 e. The number of nitrogens with one attached hydrogen (secondary N) is 1. The lowest BCUT2D eigenvalue weighted by Gasteiger charge is -2.27. The average molecular weight is 351 g/mol. The zero-order chi connectivity index (χ0) is 17.8. The summed E-state index contributed by atoms with van der Waals surface area (Å²) in [5, 5.41) is 3.24. The number of anilines is 3. The van der Waals surface area contributed by atoms with Crippen LogP contribution in [0.4, 0.5) is 21.8 Å². The van der Waals surface area contributed by atoms with Crippen molar-refractivity contribution in [3.8, 4) is 11.3 Å². The van der Waals surface area contributed by atoms with Crippen molar-refractivity contribution in [2.45, 2.75) is 0 Å². The highest BCUT2D eigenvalue weighted by molar-refractivity contribution is 5.67. The van der Waals surface area contributed by atoms with Crippen molar-refractivity contribution in [2.24, 2.45) is 0 Å². The highest BCUT2D eigenvalue weighted by Crippen LogP contribution is 2.25. The Bertz CT molecular complexity index is 884. The van der Waals surface area contributed by atoms with E-state index in [1.54, 1.807) is 18.5 Å². The van der Waals surface area contributed by atoms with Crippen LogP contribution in [0, 0.1) is 5.82 Å². The third kappa shape index (κ3) is 3.78. The van der Waals surface area contributed by atoms with Crippen LogP contribution in [-0.2, 0) is 4.74 Å². The molecule has 26 heavy (non-hydrogen) atoms. The molecule has 0 atom stereocenters. The minimum Gasteiger partial charge on any atom is -0.378 e. The molecule has 1 aliphatic heterocycles. The highest BCUT2D eigenvalue weighted by atomic mass is 19.1. The third-order valence-electron chi connectivity index (χ3n) is 4.06. The van der Waals surface area contributed by atoms with Gasteiger partial charge in [0.15, 0.2) is 0 Å². The number of pyridine rings is 1. The van der Waals surface area contributed by atoms with Gasteiger partial charge in [0.2, 0.25) is 5.95 Å². The molecule has 0 unspecified atom stereocenters. The van der Waals surface area contributed by atoms with Crippen molar-refractivity contribution >= 4 is 17.5 Å². The summed E-state index contributed by atoms with van der Waals surface area (Å²) in [7, 11) is 0. The fourth-order valence-electron chi connectivity index (χ4n) is 2.78. The van der Waals surface area contributed by atoms with Gasteiger partial charge < -0.3 is 15.0 Å². The van der Waals surface area contributed by atoms with E-state index in [1.165, 1.54) is 12.1 Å². The van der Waals surface area contributed by atoms with Crippen LogP contribution in [0.2, 0.25) is 0 Å². The smallest absolute Gasteiger partial charge is 0.228 e. The third-order valence-corrected chi connectivity index (χ3v) is 4.06. The summed E-state index contributed by atoms with van der Waals surface area (Å²) >= 11 is 0. The zero-order valence-electron chi connectivity index (χ0n) is 14.1. The summed E-state index contributed by atoms with van der Waals surface area (Å²) in [5.41, 5.74) is 2.19. The van der Waals surface area contributed by atoms with Crippen molar-refractivity contribution in [3.05, 3.63) is 60.7 Å². The number of nitrogens with zero attached hydrogens (tertiary/aromatic N) is 4. The molecular weight excluding hydrogens is 333 g/mol. The SMILES string of the molecule is Fc1cccc(-c2cc(Nc3cccnc3)nc(N3CCOCC3)n2)c1. The first-order chi connectivity index (χ1) is 12.8. The minimum atomic E-state index is -0.296. The molecule has 6 nitrogen and oxygen atoms in total. The molecule has 3 aromatic rings. The van der Waals surface area contributed by atoms with Gasteiger partial charge in [-0.25, -0.2) is 9.37 Å². The molecule has 0 bridgehead atoms. The Hall–Kier alpha value is -3.06. The first kappa shape index (κ1) is 16.4. The Morgan fingerprint density at radius 2 is 1.92 bits per heavy atom. The number of benzene rings is 1. The van der Waals surface area contributed by atoms with Crippen LogP contribution in [0.15, 0.2) is 54.9 Å². The molecule has 4 rings (SSSR count).